The highest BCUT2D eigenvalue weighted by Crippen LogP contribution is 2.24. The number of rotatable bonds is 3. The van der Waals surface area contributed by atoms with Crippen LogP contribution in [0.4, 0.5) is 0 Å². The van der Waals surface area contributed by atoms with Crippen LogP contribution in [-0.2, 0) is 6.42 Å². The topological polar surface area (TPSA) is 51.0 Å². The van der Waals surface area contributed by atoms with Gasteiger partial charge in [-0.2, -0.15) is 4.98 Å². The number of benzene rings is 1. The fourth-order valence-corrected chi connectivity index (χ4v) is 2.90. The van der Waals surface area contributed by atoms with E-state index in [4.69, 9.17) is 4.52 Å². The van der Waals surface area contributed by atoms with Crippen LogP contribution in [-0.4, -0.2) is 23.2 Å². The van der Waals surface area contributed by atoms with Crippen LogP contribution in [0.1, 0.15) is 24.3 Å². The number of hydrogen-bond acceptors (Lipinski definition) is 4. The van der Waals surface area contributed by atoms with Crippen molar-refractivity contribution in [1.82, 2.24) is 15.5 Å². The molecule has 0 amide bonds. The smallest absolute Gasteiger partial charge is 0.227 e. The van der Waals surface area contributed by atoms with Gasteiger partial charge in [0.25, 0.3) is 0 Å². The standard InChI is InChI=1S/C15H18BrN3O/c1-10-2-3-12(9-13(10)16)15-18-14(20-19-15)8-11-4-6-17-7-5-11/h2-3,9,11,17H,4-8H2,1H3. The molecule has 1 N–H and O–H groups in total. The number of nitrogens with zero attached hydrogens (tertiary/aromatic N) is 2. The average molecular weight is 336 g/mol. The minimum Gasteiger partial charge on any atom is -0.339 e. The number of aryl methyl sites for hydroxylation is 1. The van der Waals surface area contributed by atoms with Gasteiger partial charge in [0.2, 0.25) is 11.7 Å². The summed E-state index contributed by atoms with van der Waals surface area (Å²) >= 11 is 3.54. The second-order valence-electron chi connectivity index (χ2n) is 5.37. The largest absolute Gasteiger partial charge is 0.339 e. The molecule has 0 spiro atoms. The third kappa shape index (κ3) is 3.10. The molecule has 3 rings (SSSR count). The molecule has 1 aliphatic rings. The van der Waals surface area contributed by atoms with Crippen molar-refractivity contribution in [2.24, 2.45) is 5.92 Å². The lowest BCUT2D eigenvalue weighted by molar-refractivity contribution is 0.313. The summed E-state index contributed by atoms with van der Waals surface area (Å²) in [6.07, 6.45) is 3.27. The van der Waals surface area contributed by atoms with Gasteiger partial charge in [-0.1, -0.05) is 33.2 Å². The molecule has 106 valence electrons. The zero-order valence-electron chi connectivity index (χ0n) is 11.5. The second-order valence-corrected chi connectivity index (χ2v) is 6.23. The van der Waals surface area contributed by atoms with Gasteiger partial charge < -0.3 is 9.84 Å². The summed E-state index contributed by atoms with van der Waals surface area (Å²) in [4.78, 5) is 4.53. The lowest BCUT2D eigenvalue weighted by Gasteiger charge is -2.20. The number of nitrogens with one attached hydrogen (secondary N) is 1. The summed E-state index contributed by atoms with van der Waals surface area (Å²) < 4.78 is 6.46. The normalized spacial score (nSPS) is 16.5. The molecule has 0 aliphatic carbocycles. The first-order valence-electron chi connectivity index (χ1n) is 7.02. The highest BCUT2D eigenvalue weighted by molar-refractivity contribution is 9.10. The lowest BCUT2D eigenvalue weighted by atomic mass is 9.95. The Morgan fingerprint density at radius 2 is 2.15 bits per heavy atom. The molecule has 0 atom stereocenters. The maximum absolute atomic E-state index is 5.40. The number of piperidine rings is 1. The van der Waals surface area contributed by atoms with E-state index in [0.29, 0.717) is 11.7 Å². The van der Waals surface area contributed by atoms with Crippen LogP contribution in [0.5, 0.6) is 0 Å². The Labute approximate surface area is 127 Å². The first kappa shape index (κ1) is 13.8. The van der Waals surface area contributed by atoms with Crippen molar-refractivity contribution < 1.29 is 4.52 Å². The molecule has 20 heavy (non-hydrogen) atoms. The fourth-order valence-electron chi connectivity index (χ4n) is 2.52. The zero-order chi connectivity index (χ0) is 13.9. The van der Waals surface area contributed by atoms with Gasteiger partial charge in [-0.05, 0) is 50.4 Å². The Morgan fingerprint density at radius 3 is 2.90 bits per heavy atom. The van der Waals surface area contributed by atoms with Crippen LogP contribution in [0, 0.1) is 12.8 Å². The Hall–Kier alpha value is -1.20. The van der Waals surface area contributed by atoms with Crippen molar-refractivity contribution in [3.63, 3.8) is 0 Å². The van der Waals surface area contributed by atoms with Crippen molar-refractivity contribution in [1.29, 1.82) is 0 Å². The van der Waals surface area contributed by atoms with E-state index in [1.165, 1.54) is 18.4 Å². The Bertz CT molecular complexity index is 591. The highest BCUT2D eigenvalue weighted by Gasteiger charge is 2.17. The molecule has 2 heterocycles. The van der Waals surface area contributed by atoms with E-state index in [9.17, 15) is 0 Å². The van der Waals surface area contributed by atoms with Gasteiger partial charge in [0.05, 0.1) is 0 Å². The van der Waals surface area contributed by atoms with E-state index in [1.54, 1.807) is 0 Å². The molecule has 1 aromatic heterocycles. The summed E-state index contributed by atoms with van der Waals surface area (Å²) in [6, 6.07) is 6.12. The highest BCUT2D eigenvalue weighted by atomic mass is 79.9. The summed E-state index contributed by atoms with van der Waals surface area (Å²) in [5, 5.41) is 7.47. The van der Waals surface area contributed by atoms with Gasteiger partial charge in [-0.15, -0.1) is 0 Å². The number of hydrogen-bond donors (Lipinski definition) is 1. The summed E-state index contributed by atoms with van der Waals surface area (Å²) in [6.45, 7) is 4.25. The maximum atomic E-state index is 5.40. The lowest BCUT2D eigenvalue weighted by Crippen LogP contribution is -2.28. The molecule has 0 bridgehead atoms. The van der Waals surface area contributed by atoms with E-state index in [0.717, 1.165) is 35.4 Å². The SMILES string of the molecule is Cc1ccc(-c2noc(CC3CCNCC3)n2)cc1Br. The third-order valence-electron chi connectivity index (χ3n) is 3.82. The van der Waals surface area contributed by atoms with E-state index in [-0.39, 0.29) is 0 Å². The molecule has 0 saturated carbocycles. The molecule has 1 aromatic carbocycles. The fraction of sp³-hybridized carbons (Fsp3) is 0.467. The molecule has 4 nitrogen and oxygen atoms in total. The molecule has 5 heteroatoms. The van der Waals surface area contributed by atoms with E-state index in [2.05, 4.69) is 44.4 Å². The van der Waals surface area contributed by atoms with Crippen LogP contribution in [0.15, 0.2) is 27.2 Å². The van der Waals surface area contributed by atoms with Crippen LogP contribution >= 0.6 is 15.9 Å². The first-order chi connectivity index (χ1) is 9.72. The molecule has 1 fully saturated rings. The number of halogens is 1. The second kappa shape index (κ2) is 6.06. The van der Waals surface area contributed by atoms with Gasteiger partial charge in [-0.25, -0.2) is 0 Å². The van der Waals surface area contributed by atoms with Gasteiger partial charge in [0, 0.05) is 16.5 Å². The minimum absolute atomic E-state index is 0.661. The van der Waals surface area contributed by atoms with E-state index < -0.39 is 0 Å². The van der Waals surface area contributed by atoms with E-state index >= 15 is 0 Å². The molecular weight excluding hydrogens is 318 g/mol. The van der Waals surface area contributed by atoms with Gasteiger partial charge in [0.1, 0.15) is 0 Å². The third-order valence-corrected chi connectivity index (χ3v) is 4.67. The molecule has 2 aromatic rings. The summed E-state index contributed by atoms with van der Waals surface area (Å²) in [5.74, 6) is 2.09. The van der Waals surface area contributed by atoms with Crippen LogP contribution in [0.25, 0.3) is 11.4 Å². The first-order valence-corrected chi connectivity index (χ1v) is 7.81. The molecule has 0 unspecified atom stereocenters. The van der Waals surface area contributed by atoms with Crippen molar-refractivity contribution >= 4 is 15.9 Å². The number of aromatic nitrogens is 2. The molecule has 1 saturated heterocycles. The molecular formula is C15H18BrN3O. The zero-order valence-corrected chi connectivity index (χ0v) is 13.1. The predicted octanol–water partition coefficient (Wildman–Crippen LogP) is 3.35. The van der Waals surface area contributed by atoms with Crippen molar-refractivity contribution in [2.45, 2.75) is 26.2 Å². The monoisotopic (exact) mass is 335 g/mol. The van der Waals surface area contributed by atoms with Gasteiger partial charge in [-0.3, -0.25) is 0 Å². The van der Waals surface area contributed by atoms with Crippen LogP contribution in [0.2, 0.25) is 0 Å². The summed E-state index contributed by atoms with van der Waals surface area (Å²) in [7, 11) is 0. The molecule has 0 radical (unpaired) electrons. The maximum Gasteiger partial charge on any atom is 0.227 e. The Kier molecular flexibility index (Phi) is 4.17. The molecule has 1 aliphatic heterocycles. The Balaban J connectivity index is 1.73. The van der Waals surface area contributed by atoms with Gasteiger partial charge >= 0.3 is 0 Å². The average Bonchev–Trinajstić information content (AvgIpc) is 2.91. The predicted molar refractivity (Wildman–Crippen MR) is 81.5 cm³/mol. The Morgan fingerprint density at radius 1 is 1.35 bits per heavy atom. The minimum atomic E-state index is 0.661. The van der Waals surface area contributed by atoms with Crippen molar-refractivity contribution in [2.75, 3.05) is 13.1 Å². The van der Waals surface area contributed by atoms with Gasteiger partial charge in [0.15, 0.2) is 0 Å². The quantitative estimate of drug-likeness (QED) is 0.934. The summed E-state index contributed by atoms with van der Waals surface area (Å²) in [5.41, 5.74) is 2.19. The van der Waals surface area contributed by atoms with Crippen molar-refractivity contribution in [3.05, 3.63) is 34.1 Å². The van der Waals surface area contributed by atoms with Crippen LogP contribution < -0.4 is 5.32 Å². The van der Waals surface area contributed by atoms with Crippen molar-refractivity contribution in [3.8, 4) is 11.4 Å². The van der Waals surface area contributed by atoms with Crippen LogP contribution in [0.3, 0.4) is 0 Å². The van der Waals surface area contributed by atoms with E-state index in [1.807, 2.05) is 12.1 Å².